The van der Waals surface area contributed by atoms with Crippen LogP contribution in [-0.4, -0.2) is 17.0 Å². The number of carboxylic acid groups (broad SMARTS) is 1. The molecule has 2 N–H and O–H groups in total. The summed E-state index contributed by atoms with van der Waals surface area (Å²) < 4.78 is 13.7. The van der Waals surface area contributed by atoms with Gasteiger partial charge in [0, 0.05) is 12.1 Å². The van der Waals surface area contributed by atoms with Crippen LogP contribution in [0.5, 0.6) is 0 Å². The molecule has 0 aliphatic heterocycles. The average Bonchev–Trinajstić information content (AvgIpc) is 2.68. The summed E-state index contributed by atoms with van der Waals surface area (Å²) in [6.45, 7) is 1.82. The summed E-state index contributed by atoms with van der Waals surface area (Å²) in [6, 6.07) is 17.9. The Morgan fingerprint density at radius 1 is 1.07 bits per heavy atom. The lowest BCUT2D eigenvalue weighted by Crippen LogP contribution is -2.20. The monoisotopic (exact) mass is 379 g/mol. The van der Waals surface area contributed by atoms with Crippen LogP contribution in [0.25, 0.3) is 10.8 Å². The van der Waals surface area contributed by atoms with Crippen molar-refractivity contribution in [2.75, 3.05) is 5.32 Å². The molecule has 1 unspecified atom stereocenters. The van der Waals surface area contributed by atoms with Gasteiger partial charge in [0.1, 0.15) is 5.82 Å². The molecule has 0 aliphatic carbocycles. The van der Waals surface area contributed by atoms with E-state index >= 15 is 0 Å². The molecule has 1 amide bonds. The Morgan fingerprint density at radius 3 is 2.61 bits per heavy atom. The lowest BCUT2D eigenvalue weighted by atomic mass is 9.94. The van der Waals surface area contributed by atoms with Crippen LogP contribution in [0.1, 0.15) is 36.8 Å². The first kappa shape index (κ1) is 19.5. The van der Waals surface area contributed by atoms with Crippen LogP contribution in [0.3, 0.4) is 0 Å². The van der Waals surface area contributed by atoms with Crippen molar-refractivity contribution in [3.63, 3.8) is 0 Å². The molecule has 28 heavy (non-hydrogen) atoms. The average molecular weight is 379 g/mol. The summed E-state index contributed by atoms with van der Waals surface area (Å²) in [5.74, 6) is -1.99. The van der Waals surface area contributed by atoms with Crippen LogP contribution in [0.15, 0.2) is 60.7 Å². The standard InChI is InChI=1S/C23H22FNO3/c1-15(19-10-4-7-16-6-2-3-9-20(16)19)23(28)25-21-14-18(24)13-12-17(21)8-5-11-22(26)27/h2-4,6-7,9-10,12-15H,5,8,11H2,1H3,(H,25,28)(H,26,27). The Balaban J connectivity index is 1.82. The molecule has 144 valence electrons. The van der Waals surface area contributed by atoms with Gasteiger partial charge in [0.2, 0.25) is 5.91 Å². The molecule has 0 bridgehead atoms. The van der Waals surface area contributed by atoms with E-state index in [2.05, 4.69) is 5.32 Å². The van der Waals surface area contributed by atoms with Gasteiger partial charge in [0.15, 0.2) is 0 Å². The number of halogens is 1. The van der Waals surface area contributed by atoms with Crippen molar-refractivity contribution in [2.45, 2.75) is 32.1 Å². The Morgan fingerprint density at radius 2 is 1.82 bits per heavy atom. The fraction of sp³-hybridized carbons (Fsp3) is 0.217. The van der Waals surface area contributed by atoms with Crippen LogP contribution in [0, 0.1) is 5.82 Å². The molecule has 0 saturated heterocycles. The van der Waals surface area contributed by atoms with E-state index in [1.165, 1.54) is 12.1 Å². The number of carbonyl (C=O) groups excluding carboxylic acids is 1. The van der Waals surface area contributed by atoms with E-state index in [4.69, 9.17) is 5.11 Å². The fourth-order valence-electron chi connectivity index (χ4n) is 3.32. The number of rotatable bonds is 7. The van der Waals surface area contributed by atoms with Gasteiger partial charge in [-0.2, -0.15) is 0 Å². The van der Waals surface area contributed by atoms with Crippen LogP contribution >= 0.6 is 0 Å². The van der Waals surface area contributed by atoms with Gasteiger partial charge in [-0.3, -0.25) is 9.59 Å². The van der Waals surface area contributed by atoms with E-state index < -0.39 is 17.7 Å². The molecule has 0 radical (unpaired) electrons. The summed E-state index contributed by atoms with van der Waals surface area (Å²) in [7, 11) is 0. The summed E-state index contributed by atoms with van der Waals surface area (Å²) in [4.78, 5) is 23.6. The van der Waals surface area contributed by atoms with Crippen LogP contribution in [0.4, 0.5) is 10.1 Å². The number of hydrogen-bond donors (Lipinski definition) is 2. The largest absolute Gasteiger partial charge is 0.481 e. The van der Waals surface area contributed by atoms with Crippen LogP contribution in [-0.2, 0) is 16.0 Å². The zero-order valence-electron chi connectivity index (χ0n) is 15.6. The topological polar surface area (TPSA) is 66.4 Å². The molecule has 0 aliphatic rings. The molecule has 0 heterocycles. The lowest BCUT2D eigenvalue weighted by molar-refractivity contribution is -0.137. The highest BCUT2D eigenvalue weighted by Gasteiger charge is 2.19. The Bertz CT molecular complexity index is 1010. The maximum Gasteiger partial charge on any atom is 0.303 e. The predicted molar refractivity (Wildman–Crippen MR) is 108 cm³/mol. The second kappa shape index (κ2) is 8.65. The zero-order chi connectivity index (χ0) is 20.1. The molecule has 3 aromatic carbocycles. The number of aryl methyl sites for hydroxylation is 1. The number of amides is 1. The number of carboxylic acids is 1. The van der Waals surface area contributed by atoms with Gasteiger partial charge in [-0.05, 0) is 53.8 Å². The summed E-state index contributed by atoms with van der Waals surface area (Å²) in [6.07, 6.45) is 0.894. The molecule has 0 saturated carbocycles. The normalized spacial score (nSPS) is 11.9. The SMILES string of the molecule is CC(C(=O)Nc1cc(F)ccc1CCCC(=O)O)c1cccc2ccccc12. The third kappa shape index (κ3) is 4.55. The Kier molecular flexibility index (Phi) is 6.04. The molecule has 1 atom stereocenters. The van der Waals surface area contributed by atoms with Gasteiger partial charge in [0.25, 0.3) is 0 Å². The van der Waals surface area contributed by atoms with Gasteiger partial charge >= 0.3 is 5.97 Å². The van der Waals surface area contributed by atoms with Crippen molar-refractivity contribution < 1.29 is 19.1 Å². The van der Waals surface area contributed by atoms with Crippen LogP contribution < -0.4 is 5.32 Å². The highest BCUT2D eigenvalue weighted by molar-refractivity contribution is 5.99. The summed E-state index contributed by atoms with van der Waals surface area (Å²) >= 11 is 0. The summed E-state index contributed by atoms with van der Waals surface area (Å²) in [5, 5.41) is 13.7. The van der Waals surface area contributed by atoms with Crippen molar-refractivity contribution in [2.24, 2.45) is 0 Å². The number of fused-ring (bicyclic) bond motifs is 1. The van der Waals surface area contributed by atoms with Crippen molar-refractivity contribution in [1.29, 1.82) is 0 Å². The van der Waals surface area contributed by atoms with Crippen molar-refractivity contribution in [3.05, 3.63) is 77.6 Å². The van der Waals surface area contributed by atoms with Gasteiger partial charge in [-0.15, -0.1) is 0 Å². The maximum atomic E-state index is 13.7. The van der Waals surface area contributed by atoms with Crippen molar-refractivity contribution in [3.8, 4) is 0 Å². The van der Waals surface area contributed by atoms with E-state index in [1.807, 2.05) is 49.4 Å². The van der Waals surface area contributed by atoms with Gasteiger partial charge in [0.05, 0.1) is 5.92 Å². The minimum Gasteiger partial charge on any atom is -0.481 e. The van der Waals surface area contributed by atoms with Crippen molar-refractivity contribution in [1.82, 2.24) is 0 Å². The molecular weight excluding hydrogens is 357 g/mol. The quantitative estimate of drug-likeness (QED) is 0.598. The van der Waals surface area contributed by atoms with E-state index in [0.29, 0.717) is 18.5 Å². The molecular formula is C23H22FNO3. The first-order valence-corrected chi connectivity index (χ1v) is 9.24. The first-order valence-electron chi connectivity index (χ1n) is 9.24. The predicted octanol–water partition coefficient (Wildman–Crippen LogP) is 5.13. The highest BCUT2D eigenvalue weighted by Crippen LogP contribution is 2.27. The minimum absolute atomic E-state index is 0.0250. The first-order chi connectivity index (χ1) is 13.5. The third-order valence-electron chi connectivity index (χ3n) is 4.85. The molecule has 3 aromatic rings. The van der Waals surface area contributed by atoms with Gasteiger partial charge in [-0.1, -0.05) is 48.5 Å². The smallest absolute Gasteiger partial charge is 0.303 e. The number of nitrogens with one attached hydrogen (secondary N) is 1. The molecule has 3 rings (SSSR count). The van der Waals surface area contributed by atoms with Crippen molar-refractivity contribution >= 4 is 28.3 Å². The number of carbonyl (C=O) groups is 2. The van der Waals surface area contributed by atoms with E-state index in [1.54, 1.807) is 6.07 Å². The maximum absolute atomic E-state index is 13.7. The third-order valence-corrected chi connectivity index (χ3v) is 4.85. The zero-order valence-corrected chi connectivity index (χ0v) is 15.6. The fourth-order valence-corrected chi connectivity index (χ4v) is 3.32. The Hall–Kier alpha value is -3.21. The van der Waals surface area contributed by atoms with Gasteiger partial charge in [-0.25, -0.2) is 4.39 Å². The second-order valence-electron chi connectivity index (χ2n) is 6.83. The molecule has 0 fully saturated rings. The number of hydrogen-bond acceptors (Lipinski definition) is 2. The lowest BCUT2D eigenvalue weighted by Gasteiger charge is -2.17. The van der Waals surface area contributed by atoms with Crippen LogP contribution in [0.2, 0.25) is 0 Å². The number of anilines is 1. The summed E-state index contributed by atoms with van der Waals surface area (Å²) in [5.41, 5.74) is 2.02. The molecule has 5 heteroatoms. The van der Waals surface area contributed by atoms with E-state index in [-0.39, 0.29) is 12.3 Å². The second-order valence-corrected chi connectivity index (χ2v) is 6.83. The highest BCUT2D eigenvalue weighted by atomic mass is 19.1. The number of benzene rings is 3. The minimum atomic E-state index is -0.878. The molecule has 4 nitrogen and oxygen atoms in total. The Labute approximate surface area is 163 Å². The number of aliphatic carboxylic acids is 1. The van der Waals surface area contributed by atoms with E-state index in [0.717, 1.165) is 21.9 Å². The van der Waals surface area contributed by atoms with Gasteiger partial charge < -0.3 is 10.4 Å². The van der Waals surface area contributed by atoms with E-state index in [9.17, 15) is 14.0 Å². The molecule has 0 aromatic heterocycles. The molecule has 0 spiro atoms.